The summed E-state index contributed by atoms with van der Waals surface area (Å²) in [5.41, 5.74) is -1.08. The van der Waals surface area contributed by atoms with Crippen LogP contribution in [0.2, 0.25) is 0 Å². The normalized spacial score (nSPS) is 12.8. The molecule has 6 nitrogen and oxygen atoms in total. The van der Waals surface area contributed by atoms with Gasteiger partial charge in [0.05, 0.1) is 0 Å². The molecule has 0 amide bonds. The van der Waals surface area contributed by atoms with Gasteiger partial charge >= 0.3 is 5.69 Å². The van der Waals surface area contributed by atoms with E-state index in [1.165, 1.54) is 0 Å². The number of hydrogen-bond donors (Lipinski definition) is 3. The molecule has 0 radical (unpaired) electrons. The highest BCUT2D eigenvalue weighted by Gasteiger charge is 2.15. The highest BCUT2D eigenvalue weighted by Crippen LogP contribution is 2.14. The second-order valence-electron chi connectivity index (χ2n) is 3.87. The first-order valence-electron chi connectivity index (χ1n) is 5.54. The monoisotopic (exact) mass is 226 g/mol. The molecule has 0 bridgehead atoms. The Kier molecular flexibility index (Phi) is 4.28. The molecule has 1 unspecified atom stereocenters. The van der Waals surface area contributed by atoms with Crippen molar-refractivity contribution in [1.29, 1.82) is 0 Å². The zero-order valence-corrected chi connectivity index (χ0v) is 9.83. The molecule has 1 heterocycles. The number of nitrogens with zero attached hydrogens (tertiary/aromatic N) is 1. The van der Waals surface area contributed by atoms with E-state index in [1.54, 1.807) is 0 Å². The molecule has 90 valence electrons. The molecule has 1 aromatic heterocycles. The Labute approximate surface area is 93.5 Å². The van der Waals surface area contributed by atoms with Gasteiger partial charge in [0.1, 0.15) is 0 Å². The molecular formula is C10H18N4O2. The van der Waals surface area contributed by atoms with Gasteiger partial charge in [-0.05, 0) is 12.8 Å². The maximum atomic E-state index is 11.4. The number of anilines is 1. The quantitative estimate of drug-likeness (QED) is 0.689. The van der Waals surface area contributed by atoms with Crippen molar-refractivity contribution in [3.05, 3.63) is 20.8 Å². The number of H-pyrrole nitrogens is 2. The predicted octanol–water partition coefficient (Wildman–Crippen LogP) is 0.695. The van der Waals surface area contributed by atoms with Gasteiger partial charge in [-0.15, -0.1) is 5.10 Å². The Bertz CT molecular complexity index is 433. The SMILES string of the molecule is CCC(CC)C(C)Nc1n[nH]c(=O)[nH]c1=O. The summed E-state index contributed by atoms with van der Waals surface area (Å²) in [6, 6.07) is 0.148. The maximum Gasteiger partial charge on any atom is 0.342 e. The van der Waals surface area contributed by atoms with E-state index in [9.17, 15) is 9.59 Å². The molecule has 0 aliphatic carbocycles. The van der Waals surface area contributed by atoms with Crippen LogP contribution in [0.5, 0.6) is 0 Å². The Morgan fingerprint density at radius 1 is 1.31 bits per heavy atom. The third-order valence-corrected chi connectivity index (χ3v) is 2.83. The fraction of sp³-hybridized carbons (Fsp3) is 0.700. The zero-order valence-electron chi connectivity index (χ0n) is 9.83. The van der Waals surface area contributed by atoms with E-state index >= 15 is 0 Å². The van der Waals surface area contributed by atoms with Crippen LogP contribution in [0.3, 0.4) is 0 Å². The van der Waals surface area contributed by atoms with E-state index in [1.807, 2.05) is 6.92 Å². The summed E-state index contributed by atoms with van der Waals surface area (Å²) in [7, 11) is 0. The highest BCUT2D eigenvalue weighted by molar-refractivity contribution is 5.30. The van der Waals surface area contributed by atoms with Gasteiger partial charge in [-0.1, -0.05) is 26.7 Å². The maximum absolute atomic E-state index is 11.4. The number of rotatable bonds is 5. The fourth-order valence-corrected chi connectivity index (χ4v) is 1.77. The second-order valence-corrected chi connectivity index (χ2v) is 3.87. The van der Waals surface area contributed by atoms with Crippen LogP contribution in [0.1, 0.15) is 33.6 Å². The average molecular weight is 226 g/mol. The molecule has 0 fully saturated rings. The molecule has 0 spiro atoms. The molecule has 0 saturated carbocycles. The Balaban J connectivity index is 2.80. The lowest BCUT2D eigenvalue weighted by Gasteiger charge is -2.22. The van der Waals surface area contributed by atoms with Crippen LogP contribution in [0, 0.1) is 5.92 Å². The van der Waals surface area contributed by atoms with Crippen LogP contribution in [-0.4, -0.2) is 21.2 Å². The van der Waals surface area contributed by atoms with Crippen LogP contribution in [0.4, 0.5) is 5.82 Å². The minimum atomic E-state index is -0.592. The van der Waals surface area contributed by atoms with Crippen molar-refractivity contribution < 1.29 is 0 Å². The van der Waals surface area contributed by atoms with Gasteiger partial charge in [-0.2, -0.15) is 0 Å². The van der Waals surface area contributed by atoms with Crippen molar-refractivity contribution in [2.75, 3.05) is 5.32 Å². The minimum Gasteiger partial charge on any atom is -0.361 e. The van der Waals surface area contributed by atoms with Gasteiger partial charge in [0.25, 0.3) is 5.56 Å². The smallest absolute Gasteiger partial charge is 0.342 e. The van der Waals surface area contributed by atoms with Crippen molar-refractivity contribution in [2.45, 2.75) is 39.7 Å². The lowest BCUT2D eigenvalue weighted by molar-refractivity contribution is 0.436. The van der Waals surface area contributed by atoms with Crippen LogP contribution < -0.4 is 16.6 Å². The molecule has 0 aliphatic heterocycles. The van der Waals surface area contributed by atoms with Crippen molar-refractivity contribution in [1.82, 2.24) is 15.2 Å². The Hall–Kier alpha value is -1.59. The Morgan fingerprint density at radius 3 is 2.44 bits per heavy atom. The van der Waals surface area contributed by atoms with Gasteiger partial charge in [-0.25, -0.2) is 9.89 Å². The third-order valence-electron chi connectivity index (χ3n) is 2.83. The average Bonchev–Trinajstić information content (AvgIpc) is 2.24. The summed E-state index contributed by atoms with van der Waals surface area (Å²) in [5.74, 6) is 0.645. The predicted molar refractivity (Wildman–Crippen MR) is 62.6 cm³/mol. The van der Waals surface area contributed by atoms with Gasteiger partial charge < -0.3 is 5.32 Å². The molecule has 1 aromatic rings. The van der Waals surface area contributed by atoms with Crippen LogP contribution in [0.15, 0.2) is 9.59 Å². The minimum absolute atomic E-state index is 0.148. The Morgan fingerprint density at radius 2 is 1.94 bits per heavy atom. The molecule has 3 N–H and O–H groups in total. The second kappa shape index (κ2) is 5.48. The molecule has 1 rings (SSSR count). The summed E-state index contributed by atoms with van der Waals surface area (Å²) < 4.78 is 0. The van der Waals surface area contributed by atoms with Gasteiger partial charge in [0, 0.05) is 6.04 Å². The molecule has 16 heavy (non-hydrogen) atoms. The molecule has 0 saturated heterocycles. The summed E-state index contributed by atoms with van der Waals surface area (Å²) in [4.78, 5) is 24.3. The van der Waals surface area contributed by atoms with E-state index in [0.717, 1.165) is 12.8 Å². The van der Waals surface area contributed by atoms with E-state index in [2.05, 4.69) is 34.3 Å². The van der Waals surface area contributed by atoms with E-state index in [4.69, 9.17) is 0 Å². The van der Waals surface area contributed by atoms with Gasteiger partial charge in [0.2, 0.25) is 5.82 Å². The van der Waals surface area contributed by atoms with E-state index in [-0.39, 0.29) is 11.9 Å². The zero-order chi connectivity index (χ0) is 12.1. The van der Waals surface area contributed by atoms with Crippen LogP contribution in [-0.2, 0) is 0 Å². The molecule has 0 aromatic carbocycles. The topological polar surface area (TPSA) is 90.6 Å². The standard InChI is InChI=1S/C10H18N4O2/c1-4-7(5-2)6(3)11-8-9(15)12-10(16)14-13-8/h6-7H,4-5H2,1-3H3,(H,11,13)(H2,12,14,15,16). The first kappa shape index (κ1) is 12.5. The van der Waals surface area contributed by atoms with E-state index < -0.39 is 11.2 Å². The summed E-state index contributed by atoms with van der Waals surface area (Å²) >= 11 is 0. The van der Waals surface area contributed by atoms with Crippen LogP contribution in [0.25, 0.3) is 0 Å². The summed E-state index contributed by atoms with van der Waals surface area (Å²) in [5, 5.41) is 8.89. The van der Waals surface area contributed by atoms with Crippen molar-refractivity contribution in [3.8, 4) is 0 Å². The number of nitrogens with one attached hydrogen (secondary N) is 3. The largest absolute Gasteiger partial charge is 0.361 e. The molecule has 0 aliphatic rings. The third kappa shape index (κ3) is 2.95. The van der Waals surface area contributed by atoms with Crippen molar-refractivity contribution in [3.63, 3.8) is 0 Å². The van der Waals surface area contributed by atoms with Crippen LogP contribution >= 0.6 is 0 Å². The van der Waals surface area contributed by atoms with E-state index in [0.29, 0.717) is 5.92 Å². The van der Waals surface area contributed by atoms with Crippen molar-refractivity contribution in [2.24, 2.45) is 5.92 Å². The number of hydrogen-bond acceptors (Lipinski definition) is 4. The number of aromatic nitrogens is 3. The summed E-state index contributed by atoms with van der Waals surface area (Å²) in [6.07, 6.45) is 2.07. The lowest BCUT2D eigenvalue weighted by atomic mass is 9.96. The van der Waals surface area contributed by atoms with Gasteiger partial charge in [-0.3, -0.25) is 9.78 Å². The molecule has 1 atom stereocenters. The highest BCUT2D eigenvalue weighted by atomic mass is 16.2. The number of aromatic amines is 2. The summed E-state index contributed by atoms with van der Waals surface area (Å²) in [6.45, 7) is 6.22. The molecular weight excluding hydrogens is 208 g/mol. The fourth-order valence-electron chi connectivity index (χ4n) is 1.77. The van der Waals surface area contributed by atoms with Crippen molar-refractivity contribution >= 4 is 5.82 Å². The van der Waals surface area contributed by atoms with Gasteiger partial charge in [0.15, 0.2) is 0 Å². The lowest BCUT2D eigenvalue weighted by Crippen LogP contribution is -2.32. The first-order valence-corrected chi connectivity index (χ1v) is 5.54. The first-order chi connectivity index (χ1) is 7.58. The molecule has 6 heteroatoms.